The minimum atomic E-state index is -3.02. The lowest BCUT2D eigenvalue weighted by Gasteiger charge is -2.27. The first-order valence-corrected chi connectivity index (χ1v) is 10.4. The fourth-order valence-electron chi connectivity index (χ4n) is 2.95. The summed E-state index contributed by atoms with van der Waals surface area (Å²) >= 11 is 5.20. The molecule has 1 aliphatic rings. The smallest absolute Gasteiger partial charge is 0.288 e. The maximum atomic E-state index is 13.9. The van der Waals surface area contributed by atoms with Crippen LogP contribution in [0.1, 0.15) is 6.42 Å². The zero-order valence-electron chi connectivity index (χ0n) is 14.3. The molecule has 0 N–H and O–H groups in total. The van der Waals surface area contributed by atoms with Crippen LogP contribution in [0.15, 0.2) is 28.7 Å². The van der Waals surface area contributed by atoms with Gasteiger partial charge in [-0.15, -0.1) is 5.10 Å². The number of sulfone groups is 1. The van der Waals surface area contributed by atoms with Crippen molar-refractivity contribution >= 4 is 22.1 Å². The van der Waals surface area contributed by atoms with Crippen LogP contribution in [-0.4, -0.2) is 60.9 Å². The molecule has 0 amide bonds. The van der Waals surface area contributed by atoms with Crippen molar-refractivity contribution in [3.63, 3.8) is 0 Å². The van der Waals surface area contributed by atoms with Crippen LogP contribution in [0.2, 0.25) is 0 Å². The molecule has 142 valence electrons. The van der Waals surface area contributed by atoms with Crippen molar-refractivity contribution in [1.29, 1.82) is 0 Å². The third-order valence-corrected chi connectivity index (χ3v) is 6.38. The van der Waals surface area contributed by atoms with Gasteiger partial charge in [0.2, 0.25) is 5.89 Å². The van der Waals surface area contributed by atoms with E-state index in [9.17, 15) is 12.8 Å². The molecule has 1 aromatic heterocycles. The second-order valence-electron chi connectivity index (χ2n) is 6.16. The highest BCUT2D eigenvalue weighted by molar-refractivity contribution is 7.91. The van der Waals surface area contributed by atoms with Gasteiger partial charge in [0, 0.05) is 19.7 Å². The second-order valence-corrected chi connectivity index (χ2v) is 8.73. The molecule has 1 fully saturated rings. The molecular formula is C16H20FN3O4S2. The predicted octanol–water partition coefficient (Wildman–Crippen LogP) is 2.10. The number of benzene rings is 1. The SMILES string of the molecule is COCCN(Cn1nc(-c2ccccc2F)oc1=S)[C@@H]1CCS(=O)(=O)C1. The monoisotopic (exact) mass is 401 g/mol. The molecule has 3 rings (SSSR count). The van der Waals surface area contributed by atoms with Crippen LogP contribution < -0.4 is 0 Å². The summed E-state index contributed by atoms with van der Waals surface area (Å²) in [6.45, 7) is 1.22. The van der Waals surface area contributed by atoms with Crippen LogP contribution in [0, 0.1) is 10.7 Å². The molecule has 1 aromatic carbocycles. The lowest BCUT2D eigenvalue weighted by Crippen LogP contribution is -2.40. The summed E-state index contributed by atoms with van der Waals surface area (Å²) in [5.74, 6) is -0.0821. The van der Waals surface area contributed by atoms with Gasteiger partial charge in [0.05, 0.1) is 30.3 Å². The third kappa shape index (κ3) is 4.37. The van der Waals surface area contributed by atoms with Gasteiger partial charge >= 0.3 is 0 Å². The van der Waals surface area contributed by atoms with E-state index < -0.39 is 15.7 Å². The molecule has 0 aliphatic carbocycles. The van der Waals surface area contributed by atoms with E-state index in [1.165, 1.54) is 10.7 Å². The summed E-state index contributed by atoms with van der Waals surface area (Å²) in [6.07, 6.45) is 0.553. The minimum Gasteiger partial charge on any atom is -0.409 e. The zero-order chi connectivity index (χ0) is 18.7. The summed E-state index contributed by atoms with van der Waals surface area (Å²) in [5.41, 5.74) is 0.226. The molecular weight excluding hydrogens is 381 g/mol. The number of hydrogen-bond acceptors (Lipinski definition) is 7. The molecule has 0 radical (unpaired) electrons. The van der Waals surface area contributed by atoms with Crippen molar-refractivity contribution in [3.8, 4) is 11.5 Å². The van der Waals surface area contributed by atoms with E-state index >= 15 is 0 Å². The van der Waals surface area contributed by atoms with Gasteiger partial charge < -0.3 is 9.15 Å². The Bertz CT molecular complexity index is 926. The Labute approximate surface area is 156 Å². The first kappa shape index (κ1) is 19.2. The summed E-state index contributed by atoms with van der Waals surface area (Å²) in [7, 11) is -1.44. The van der Waals surface area contributed by atoms with E-state index in [-0.39, 0.29) is 40.5 Å². The summed E-state index contributed by atoms with van der Waals surface area (Å²) in [6, 6.07) is 6.01. The van der Waals surface area contributed by atoms with E-state index in [0.717, 1.165) is 0 Å². The molecule has 0 saturated carbocycles. The van der Waals surface area contributed by atoms with Gasteiger partial charge in [0.1, 0.15) is 5.82 Å². The molecule has 0 bridgehead atoms. The Morgan fingerprint density at radius 1 is 1.46 bits per heavy atom. The number of aromatic nitrogens is 2. The largest absolute Gasteiger partial charge is 0.409 e. The predicted molar refractivity (Wildman–Crippen MR) is 96.4 cm³/mol. The first-order valence-electron chi connectivity index (χ1n) is 8.16. The highest BCUT2D eigenvalue weighted by atomic mass is 32.2. The fourth-order valence-corrected chi connectivity index (χ4v) is 4.89. The number of hydrogen-bond donors (Lipinski definition) is 0. The highest BCUT2D eigenvalue weighted by Gasteiger charge is 2.32. The van der Waals surface area contributed by atoms with E-state index in [4.69, 9.17) is 21.4 Å². The molecule has 2 heterocycles. The number of nitrogens with zero attached hydrogens (tertiary/aromatic N) is 3. The molecule has 1 atom stereocenters. The Balaban J connectivity index is 1.83. The molecule has 7 nitrogen and oxygen atoms in total. The summed E-state index contributed by atoms with van der Waals surface area (Å²) < 4.78 is 49.6. The number of halogens is 1. The average molecular weight is 401 g/mol. The molecule has 26 heavy (non-hydrogen) atoms. The van der Waals surface area contributed by atoms with E-state index in [2.05, 4.69) is 5.10 Å². The van der Waals surface area contributed by atoms with Crippen LogP contribution in [0.4, 0.5) is 4.39 Å². The maximum absolute atomic E-state index is 13.9. The van der Waals surface area contributed by atoms with Gasteiger partial charge in [0.25, 0.3) is 4.84 Å². The van der Waals surface area contributed by atoms with Crippen LogP contribution in [0.25, 0.3) is 11.5 Å². The number of ether oxygens (including phenoxy) is 1. The van der Waals surface area contributed by atoms with Gasteiger partial charge in [-0.1, -0.05) is 12.1 Å². The van der Waals surface area contributed by atoms with Gasteiger partial charge in [-0.2, -0.15) is 0 Å². The van der Waals surface area contributed by atoms with Crippen molar-refractivity contribution < 1.29 is 22.0 Å². The van der Waals surface area contributed by atoms with Crippen molar-refractivity contribution in [3.05, 3.63) is 34.9 Å². The summed E-state index contributed by atoms with van der Waals surface area (Å²) in [4.78, 5) is 2.06. The topological polar surface area (TPSA) is 77.6 Å². The van der Waals surface area contributed by atoms with Gasteiger partial charge in [-0.3, -0.25) is 4.90 Å². The van der Waals surface area contributed by atoms with Gasteiger partial charge in [-0.05, 0) is 30.8 Å². The van der Waals surface area contributed by atoms with Crippen molar-refractivity contribution in [2.45, 2.75) is 19.1 Å². The van der Waals surface area contributed by atoms with Crippen molar-refractivity contribution in [1.82, 2.24) is 14.7 Å². The highest BCUT2D eigenvalue weighted by Crippen LogP contribution is 2.22. The molecule has 10 heteroatoms. The standard InChI is InChI=1S/C16H20FN3O4S2/c1-23-8-7-19(12-6-9-26(21,22)10-12)11-20-16(25)24-15(18-20)13-4-2-3-5-14(13)17/h2-5,12H,6-11H2,1H3/t12-/m1/s1. The van der Waals surface area contributed by atoms with E-state index in [1.807, 2.05) is 4.90 Å². The minimum absolute atomic E-state index is 0.0961. The third-order valence-electron chi connectivity index (χ3n) is 4.33. The molecule has 0 unspecified atom stereocenters. The van der Waals surface area contributed by atoms with Gasteiger partial charge in [-0.25, -0.2) is 17.5 Å². The lowest BCUT2D eigenvalue weighted by molar-refractivity contribution is 0.0973. The van der Waals surface area contributed by atoms with E-state index in [0.29, 0.717) is 19.6 Å². The molecule has 0 spiro atoms. The van der Waals surface area contributed by atoms with Crippen LogP contribution >= 0.6 is 12.2 Å². The molecule has 1 aliphatic heterocycles. The fraction of sp³-hybridized carbons (Fsp3) is 0.500. The van der Waals surface area contributed by atoms with Crippen molar-refractivity contribution in [2.75, 3.05) is 31.8 Å². The maximum Gasteiger partial charge on any atom is 0.288 e. The quantitative estimate of drug-likeness (QED) is 0.658. The number of rotatable bonds is 7. The van der Waals surface area contributed by atoms with Crippen molar-refractivity contribution in [2.24, 2.45) is 0 Å². The second kappa shape index (κ2) is 7.95. The Morgan fingerprint density at radius 2 is 2.23 bits per heavy atom. The van der Waals surface area contributed by atoms with E-state index in [1.54, 1.807) is 25.3 Å². The average Bonchev–Trinajstić information content (AvgIpc) is 3.14. The molecule has 2 aromatic rings. The number of methoxy groups -OCH3 is 1. The molecule has 1 saturated heterocycles. The van der Waals surface area contributed by atoms with Crippen LogP contribution in [0.5, 0.6) is 0 Å². The van der Waals surface area contributed by atoms with Crippen LogP contribution in [-0.2, 0) is 21.2 Å². The Hall–Kier alpha value is -1.62. The normalized spacial score (nSPS) is 19.3. The zero-order valence-corrected chi connectivity index (χ0v) is 15.9. The Kier molecular flexibility index (Phi) is 5.86. The first-order chi connectivity index (χ1) is 12.4. The lowest BCUT2D eigenvalue weighted by atomic mass is 10.2. The van der Waals surface area contributed by atoms with Crippen LogP contribution in [0.3, 0.4) is 0 Å². The van der Waals surface area contributed by atoms with Gasteiger partial charge in [0.15, 0.2) is 9.84 Å². The Morgan fingerprint density at radius 3 is 2.88 bits per heavy atom. The summed E-state index contributed by atoms with van der Waals surface area (Å²) in [5, 5.41) is 4.27.